The largest absolute Gasteiger partial charge is 0.106 e. The quantitative estimate of drug-likeness (QED) is 0.254. The molecule has 0 aromatic heterocycles. The molecule has 0 nitrogen and oxygen atoms in total. The van der Waals surface area contributed by atoms with Crippen LogP contribution in [0.5, 0.6) is 0 Å². The Morgan fingerprint density at radius 1 is 0.829 bits per heavy atom. The number of aryl methyl sites for hydroxylation is 1. The van der Waals surface area contributed by atoms with Gasteiger partial charge in [-0.1, -0.05) is 148 Å². The lowest BCUT2D eigenvalue weighted by Crippen LogP contribution is -1.83. The summed E-state index contributed by atoms with van der Waals surface area (Å²) in [6.45, 7) is 40.9. The van der Waals surface area contributed by atoms with Gasteiger partial charge in [0.2, 0.25) is 0 Å². The third-order valence-corrected chi connectivity index (χ3v) is 3.80. The van der Waals surface area contributed by atoms with Crippen LogP contribution < -0.4 is 0 Å². The molecule has 0 atom stereocenters. The van der Waals surface area contributed by atoms with E-state index < -0.39 is 0 Å². The molecule has 0 aliphatic heterocycles. The lowest BCUT2D eigenvalue weighted by molar-refractivity contribution is 0.849. The smallest absolute Gasteiger partial charge is 0.0181 e. The van der Waals surface area contributed by atoms with Gasteiger partial charge < -0.3 is 0 Å². The third kappa shape index (κ3) is 36.4. The minimum absolute atomic E-state index is 1.05. The fraction of sp³-hybridized carbons (Fsp3) is 0.486. The van der Waals surface area contributed by atoms with Crippen molar-refractivity contribution >= 4 is 5.57 Å². The molecular weight excluding hydrogens is 420 g/mol. The lowest BCUT2D eigenvalue weighted by Gasteiger charge is -2.04. The van der Waals surface area contributed by atoms with Crippen molar-refractivity contribution in [1.29, 1.82) is 0 Å². The highest BCUT2D eigenvalue weighted by Gasteiger charge is 1.97. The molecule has 0 saturated heterocycles. The summed E-state index contributed by atoms with van der Waals surface area (Å²) < 4.78 is 0. The van der Waals surface area contributed by atoms with Gasteiger partial charge in [0.25, 0.3) is 0 Å². The molecule has 204 valence electrons. The highest BCUT2D eigenvalue weighted by Crippen LogP contribution is 2.19. The van der Waals surface area contributed by atoms with Gasteiger partial charge in [-0.15, -0.1) is 26.3 Å². The Labute approximate surface area is 224 Å². The van der Waals surface area contributed by atoms with Crippen LogP contribution in [-0.2, 0) is 0 Å². The zero-order valence-electron chi connectivity index (χ0n) is 26.2. The highest BCUT2D eigenvalue weighted by atomic mass is 14.0. The third-order valence-electron chi connectivity index (χ3n) is 3.80. The van der Waals surface area contributed by atoms with Gasteiger partial charge in [-0.3, -0.25) is 0 Å². The predicted octanol–water partition coefficient (Wildman–Crippen LogP) is 13.1. The van der Waals surface area contributed by atoms with Crippen molar-refractivity contribution in [1.82, 2.24) is 0 Å². The maximum Gasteiger partial charge on any atom is -0.0181 e. The van der Waals surface area contributed by atoms with Crippen molar-refractivity contribution in [2.24, 2.45) is 0 Å². The summed E-state index contributed by atoms with van der Waals surface area (Å²) in [5, 5.41) is 0. The van der Waals surface area contributed by atoms with E-state index in [1.54, 1.807) is 5.57 Å². The molecule has 0 bridgehead atoms. The Balaban J connectivity index is -0.0000000943. The second kappa shape index (κ2) is 45.2. The molecule has 1 aromatic rings. The summed E-state index contributed by atoms with van der Waals surface area (Å²) in [6.07, 6.45) is 14.9. The molecule has 0 aliphatic rings. The second-order valence-corrected chi connectivity index (χ2v) is 6.50. The Kier molecular flexibility index (Phi) is 59.5. The molecule has 1 aromatic carbocycles. The molecule has 0 amide bonds. The zero-order chi connectivity index (χ0) is 29.1. The SMILES string of the molecule is C=C.C=C.C=C(C)/C=C(\C=C/CC)c1cccc(C)c1.CC.CC.CC.CC/C=C(/CC)CCC. The Morgan fingerprint density at radius 2 is 1.34 bits per heavy atom. The first-order chi connectivity index (χ1) is 17.0. The van der Waals surface area contributed by atoms with Crippen molar-refractivity contribution in [3.05, 3.63) is 104 Å². The van der Waals surface area contributed by atoms with Crippen LogP contribution in [0.3, 0.4) is 0 Å². The van der Waals surface area contributed by atoms with Gasteiger partial charge in [0.15, 0.2) is 0 Å². The summed E-state index contributed by atoms with van der Waals surface area (Å²) in [4.78, 5) is 0. The van der Waals surface area contributed by atoms with E-state index in [4.69, 9.17) is 0 Å². The normalized spacial score (nSPS) is 9.37. The van der Waals surface area contributed by atoms with Crippen LogP contribution in [0, 0.1) is 6.92 Å². The minimum Gasteiger partial charge on any atom is -0.106 e. The van der Waals surface area contributed by atoms with Crippen molar-refractivity contribution in [2.75, 3.05) is 0 Å². The summed E-state index contributed by atoms with van der Waals surface area (Å²) in [6, 6.07) is 8.55. The number of hydrogen-bond donors (Lipinski definition) is 0. The van der Waals surface area contributed by atoms with Gasteiger partial charge in [0, 0.05) is 0 Å². The van der Waals surface area contributed by atoms with Crippen LogP contribution in [0.2, 0.25) is 0 Å². The molecule has 0 aliphatic carbocycles. The van der Waals surface area contributed by atoms with E-state index in [9.17, 15) is 0 Å². The standard InChI is InChI=1S/C16H20.C9H18.3C2H6.2C2H4/c1-5-6-9-15(11-13(2)3)16-10-7-8-14(4)12-16;1-4-7-9(6-3)8-5-2;5*1-2/h6-12H,2,5H2,1,3-4H3;7H,4-6,8H2,1-3H3;3*1-2H3;2*1-2H2/b9-6-,15-11+;9-7-;;;;;. The van der Waals surface area contributed by atoms with Crippen LogP contribution in [0.15, 0.2) is 92.6 Å². The van der Waals surface area contributed by atoms with Crippen molar-refractivity contribution < 1.29 is 0 Å². The Bertz CT molecular complexity index is 609. The van der Waals surface area contributed by atoms with Gasteiger partial charge in [0.05, 0.1) is 0 Å². The van der Waals surface area contributed by atoms with Gasteiger partial charge >= 0.3 is 0 Å². The summed E-state index contributed by atoms with van der Waals surface area (Å²) in [5.41, 5.74) is 6.48. The monoisotopic (exact) mass is 485 g/mol. The fourth-order valence-electron chi connectivity index (χ4n) is 2.60. The number of rotatable bonds is 8. The van der Waals surface area contributed by atoms with E-state index in [0.717, 1.165) is 12.0 Å². The van der Waals surface area contributed by atoms with Gasteiger partial charge in [0.1, 0.15) is 0 Å². The molecule has 0 N–H and O–H groups in total. The van der Waals surface area contributed by atoms with E-state index in [2.05, 4.69) is 116 Å². The predicted molar refractivity (Wildman–Crippen MR) is 174 cm³/mol. The second-order valence-electron chi connectivity index (χ2n) is 6.50. The zero-order valence-corrected chi connectivity index (χ0v) is 26.2. The molecule has 0 fully saturated rings. The van der Waals surface area contributed by atoms with E-state index in [-0.39, 0.29) is 0 Å². The maximum atomic E-state index is 3.94. The lowest BCUT2D eigenvalue weighted by atomic mass is 10.0. The van der Waals surface area contributed by atoms with Crippen molar-refractivity contribution in [2.45, 2.75) is 115 Å². The average Bonchev–Trinajstić information content (AvgIpc) is 2.92. The fourth-order valence-corrected chi connectivity index (χ4v) is 2.60. The highest BCUT2D eigenvalue weighted by molar-refractivity contribution is 5.76. The Hall–Kier alpha value is -2.34. The number of allylic oxidation sites excluding steroid dienone is 7. The van der Waals surface area contributed by atoms with E-state index in [1.807, 2.05) is 48.5 Å². The first-order valence-corrected chi connectivity index (χ1v) is 13.8. The maximum absolute atomic E-state index is 3.94. The van der Waals surface area contributed by atoms with Crippen LogP contribution in [0.25, 0.3) is 5.57 Å². The molecule has 0 heterocycles. The van der Waals surface area contributed by atoms with Gasteiger partial charge in [-0.2, -0.15) is 0 Å². The molecule has 0 saturated carbocycles. The molecule has 35 heavy (non-hydrogen) atoms. The number of hydrogen-bond acceptors (Lipinski definition) is 0. The molecule has 0 heteroatoms. The van der Waals surface area contributed by atoms with E-state index >= 15 is 0 Å². The first kappa shape index (κ1) is 46.1. The molecule has 1 rings (SSSR count). The molecule has 0 radical (unpaired) electrons. The van der Waals surface area contributed by atoms with Crippen LogP contribution >= 0.6 is 0 Å². The van der Waals surface area contributed by atoms with Crippen LogP contribution in [0.4, 0.5) is 0 Å². The summed E-state index contributed by atoms with van der Waals surface area (Å²) in [5.74, 6) is 0. The molecule has 0 unspecified atom stereocenters. The van der Waals surface area contributed by atoms with E-state index in [1.165, 1.54) is 42.4 Å². The first-order valence-electron chi connectivity index (χ1n) is 13.8. The van der Waals surface area contributed by atoms with Crippen LogP contribution in [-0.4, -0.2) is 0 Å². The topological polar surface area (TPSA) is 0 Å². The summed E-state index contributed by atoms with van der Waals surface area (Å²) in [7, 11) is 0. The van der Waals surface area contributed by atoms with Gasteiger partial charge in [-0.05, 0) is 50.7 Å². The van der Waals surface area contributed by atoms with Crippen molar-refractivity contribution in [3.8, 4) is 0 Å². The van der Waals surface area contributed by atoms with Gasteiger partial charge in [-0.25, -0.2) is 0 Å². The Morgan fingerprint density at radius 3 is 1.69 bits per heavy atom. The minimum atomic E-state index is 1.05. The molecule has 0 spiro atoms. The van der Waals surface area contributed by atoms with Crippen LogP contribution in [0.1, 0.15) is 119 Å². The summed E-state index contributed by atoms with van der Waals surface area (Å²) >= 11 is 0. The number of benzene rings is 1. The van der Waals surface area contributed by atoms with Crippen molar-refractivity contribution in [3.63, 3.8) is 0 Å². The molecular formula is C35H64. The van der Waals surface area contributed by atoms with E-state index in [0.29, 0.717) is 0 Å². The average molecular weight is 485 g/mol.